The molecule has 0 spiro atoms. The maximum Gasteiger partial charge on any atom is 0.335 e. The molecular formula is C27H31ClN2O5. The van der Waals surface area contributed by atoms with Gasteiger partial charge in [-0.3, -0.25) is 9.36 Å². The van der Waals surface area contributed by atoms with Gasteiger partial charge in [0.15, 0.2) is 6.10 Å². The van der Waals surface area contributed by atoms with Gasteiger partial charge in [-0.25, -0.2) is 9.78 Å². The average Bonchev–Trinajstić information content (AvgIpc) is 2.86. The van der Waals surface area contributed by atoms with Gasteiger partial charge in [0.1, 0.15) is 23.3 Å². The lowest BCUT2D eigenvalue weighted by molar-refractivity contribution is -0.156. The van der Waals surface area contributed by atoms with Crippen molar-refractivity contribution in [2.75, 3.05) is 19.8 Å². The van der Waals surface area contributed by atoms with E-state index in [0.717, 1.165) is 11.1 Å². The molecule has 1 unspecified atom stereocenters. The van der Waals surface area contributed by atoms with Crippen LogP contribution in [0.15, 0.2) is 59.4 Å². The number of nitrogens with zero attached hydrogens (tertiary/aromatic N) is 2. The monoisotopic (exact) mass is 498 g/mol. The smallest absolute Gasteiger partial charge is 0.335 e. The molecule has 0 amide bonds. The SMILES string of the molecule is CCOC(=O)C(Cc1ccc(OCCn2c(CC)nc(Cl)c(-c3ccccc3)c2=O)cc1)OCC. The molecule has 1 aromatic heterocycles. The molecule has 0 aliphatic carbocycles. The molecule has 0 saturated heterocycles. The molecular weight excluding hydrogens is 468 g/mol. The largest absolute Gasteiger partial charge is 0.492 e. The second-order valence-corrected chi connectivity index (χ2v) is 8.12. The third kappa shape index (κ3) is 6.93. The van der Waals surface area contributed by atoms with Crippen molar-refractivity contribution >= 4 is 17.6 Å². The first-order valence-corrected chi connectivity index (χ1v) is 12.2. The zero-order valence-electron chi connectivity index (χ0n) is 20.3. The van der Waals surface area contributed by atoms with Gasteiger partial charge in [0.25, 0.3) is 5.56 Å². The van der Waals surface area contributed by atoms with E-state index in [-0.39, 0.29) is 23.3 Å². The first kappa shape index (κ1) is 26.4. The van der Waals surface area contributed by atoms with Gasteiger partial charge in [-0.1, -0.05) is 61.0 Å². The van der Waals surface area contributed by atoms with Crippen molar-refractivity contribution in [2.45, 2.75) is 46.3 Å². The third-order valence-electron chi connectivity index (χ3n) is 5.43. The van der Waals surface area contributed by atoms with Gasteiger partial charge in [0, 0.05) is 19.4 Å². The summed E-state index contributed by atoms with van der Waals surface area (Å²) in [5, 5.41) is 0.207. The number of carbonyl (C=O) groups is 1. The zero-order valence-corrected chi connectivity index (χ0v) is 21.1. The van der Waals surface area contributed by atoms with Crippen molar-refractivity contribution < 1.29 is 19.0 Å². The molecule has 1 heterocycles. The van der Waals surface area contributed by atoms with Gasteiger partial charge < -0.3 is 14.2 Å². The van der Waals surface area contributed by atoms with E-state index >= 15 is 0 Å². The van der Waals surface area contributed by atoms with Gasteiger partial charge in [-0.15, -0.1) is 0 Å². The number of benzene rings is 2. The molecule has 35 heavy (non-hydrogen) atoms. The Morgan fingerprint density at radius 3 is 2.37 bits per heavy atom. The van der Waals surface area contributed by atoms with E-state index in [1.165, 1.54) is 0 Å². The van der Waals surface area contributed by atoms with Crippen molar-refractivity contribution in [3.8, 4) is 16.9 Å². The van der Waals surface area contributed by atoms with Crippen molar-refractivity contribution in [1.29, 1.82) is 0 Å². The average molecular weight is 499 g/mol. The summed E-state index contributed by atoms with van der Waals surface area (Å²) in [4.78, 5) is 29.8. The van der Waals surface area contributed by atoms with Crippen molar-refractivity contribution in [3.63, 3.8) is 0 Å². The Labute approximate surface area is 210 Å². The highest BCUT2D eigenvalue weighted by atomic mass is 35.5. The van der Waals surface area contributed by atoms with Crippen molar-refractivity contribution in [1.82, 2.24) is 9.55 Å². The van der Waals surface area contributed by atoms with Crippen LogP contribution in [0.1, 0.15) is 32.2 Å². The number of carbonyl (C=O) groups excluding carboxylic acids is 1. The number of halogens is 1. The molecule has 3 rings (SSSR count). The van der Waals surface area contributed by atoms with Crippen LogP contribution in [0.3, 0.4) is 0 Å². The predicted molar refractivity (Wildman–Crippen MR) is 136 cm³/mol. The summed E-state index contributed by atoms with van der Waals surface area (Å²) in [7, 11) is 0. The highest BCUT2D eigenvalue weighted by Gasteiger charge is 2.20. The molecule has 8 heteroatoms. The van der Waals surface area contributed by atoms with E-state index in [1.807, 2.05) is 68.4 Å². The van der Waals surface area contributed by atoms with Gasteiger partial charge in [-0.05, 0) is 37.1 Å². The quantitative estimate of drug-likeness (QED) is 0.265. The molecule has 0 aliphatic heterocycles. The Balaban J connectivity index is 1.68. The number of aromatic nitrogens is 2. The summed E-state index contributed by atoms with van der Waals surface area (Å²) in [5.74, 6) is 0.909. The first-order chi connectivity index (χ1) is 17.0. The second-order valence-electron chi connectivity index (χ2n) is 7.76. The predicted octanol–water partition coefficient (Wildman–Crippen LogP) is 4.72. The minimum atomic E-state index is -0.637. The van der Waals surface area contributed by atoms with Crippen LogP contribution in [0.4, 0.5) is 0 Å². The minimum Gasteiger partial charge on any atom is -0.492 e. The van der Waals surface area contributed by atoms with Gasteiger partial charge >= 0.3 is 5.97 Å². The van der Waals surface area contributed by atoms with Crippen molar-refractivity contribution in [2.24, 2.45) is 0 Å². The summed E-state index contributed by atoms with van der Waals surface area (Å²) >= 11 is 6.36. The Hall–Kier alpha value is -3.16. The molecule has 1 atom stereocenters. The van der Waals surface area contributed by atoms with Crippen LogP contribution in [0.2, 0.25) is 5.15 Å². The number of rotatable bonds is 12. The fourth-order valence-electron chi connectivity index (χ4n) is 3.76. The van der Waals surface area contributed by atoms with Gasteiger partial charge in [-0.2, -0.15) is 0 Å². The zero-order chi connectivity index (χ0) is 25.2. The molecule has 7 nitrogen and oxygen atoms in total. The van der Waals surface area contributed by atoms with Gasteiger partial charge in [0.05, 0.1) is 18.7 Å². The van der Waals surface area contributed by atoms with Crippen LogP contribution < -0.4 is 10.3 Å². The first-order valence-electron chi connectivity index (χ1n) is 11.8. The standard InChI is InChI=1S/C27H31ClN2O5/c1-4-23-29-25(28)24(20-10-8-7-9-11-20)26(31)30(23)16-17-35-21-14-12-19(13-15-21)18-22(33-5-2)27(32)34-6-3/h7-15,22H,4-6,16-18H2,1-3H3. The van der Waals surface area contributed by atoms with Crippen LogP contribution >= 0.6 is 11.6 Å². The van der Waals surface area contributed by atoms with Crippen LogP contribution in [0.5, 0.6) is 5.75 Å². The fourth-order valence-corrected chi connectivity index (χ4v) is 4.04. The molecule has 0 aliphatic rings. The maximum absolute atomic E-state index is 13.2. The molecule has 0 N–H and O–H groups in total. The molecule has 0 bridgehead atoms. The molecule has 2 aromatic carbocycles. The Morgan fingerprint density at radius 2 is 1.74 bits per heavy atom. The lowest BCUT2D eigenvalue weighted by atomic mass is 10.1. The molecule has 0 saturated carbocycles. The normalized spacial score (nSPS) is 11.8. The van der Waals surface area contributed by atoms with Crippen molar-refractivity contribution in [3.05, 3.63) is 81.5 Å². The number of hydrogen-bond donors (Lipinski definition) is 0. The Bertz CT molecular complexity index is 1160. The number of esters is 1. The van der Waals surface area contributed by atoms with E-state index in [0.29, 0.717) is 49.7 Å². The number of hydrogen-bond acceptors (Lipinski definition) is 6. The topological polar surface area (TPSA) is 79.7 Å². The maximum atomic E-state index is 13.2. The molecule has 186 valence electrons. The summed E-state index contributed by atoms with van der Waals surface area (Å²) in [6, 6.07) is 16.7. The number of ether oxygens (including phenoxy) is 3. The minimum absolute atomic E-state index is 0.187. The van der Waals surface area contributed by atoms with Crippen LogP contribution in [-0.4, -0.2) is 41.4 Å². The van der Waals surface area contributed by atoms with E-state index in [1.54, 1.807) is 11.5 Å². The van der Waals surface area contributed by atoms with Crippen LogP contribution in [-0.2, 0) is 33.7 Å². The summed E-state index contributed by atoms with van der Waals surface area (Å²) in [6.45, 7) is 6.91. The highest BCUT2D eigenvalue weighted by molar-refractivity contribution is 6.32. The van der Waals surface area contributed by atoms with E-state index in [4.69, 9.17) is 25.8 Å². The van der Waals surface area contributed by atoms with Gasteiger partial charge in [0.2, 0.25) is 0 Å². The Morgan fingerprint density at radius 1 is 1.03 bits per heavy atom. The third-order valence-corrected chi connectivity index (χ3v) is 5.70. The summed E-state index contributed by atoms with van der Waals surface area (Å²) in [6.07, 6.45) is 0.350. The molecule has 3 aromatic rings. The fraction of sp³-hybridized carbons (Fsp3) is 0.370. The lowest BCUT2D eigenvalue weighted by Crippen LogP contribution is -2.29. The summed E-state index contributed by atoms with van der Waals surface area (Å²) in [5.41, 5.74) is 1.87. The molecule has 0 fully saturated rings. The summed E-state index contributed by atoms with van der Waals surface area (Å²) < 4.78 is 18.1. The molecule has 0 radical (unpaired) electrons. The lowest BCUT2D eigenvalue weighted by Gasteiger charge is -2.16. The van der Waals surface area contributed by atoms with E-state index in [9.17, 15) is 9.59 Å². The number of aryl methyl sites for hydroxylation is 1. The van der Waals surface area contributed by atoms with Crippen LogP contribution in [0, 0.1) is 0 Å². The highest BCUT2D eigenvalue weighted by Crippen LogP contribution is 2.23. The second kappa shape index (κ2) is 13.1. The van der Waals surface area contributed by atoms with E-state index in [2.05, 4.69) is 4.98 Å². The van der Waals surface area contributed by atoms with E-state index < -0.39 is 6.10 Å². The Kier molecular flexibility index (Phi) is 9.87. The van der Waals surface area contributed by atoms with Crippen LogP contribution in [0.25, 0.3) is 11.1 Å².